The Labute approximate surface area is 189 Å². The number of pyridine rings is 1. The number of methoxy groups -OCH3 is 1. The molecule has 1 saturated heterocycles. The van der Waals surface area contributed by atoms with Crippen LogP contribution in [0.1, 0.15) is 12.8 Å². The van der Waals surface area contributed by atoms with Gasteiger partial charge in [0.1, 0.15) is 6.61 Å². The number of likely N-dealkylation sites (N-methyl/N-ethyl adjacent to an activating group) is 1. The Morgan fingerprint density at radius 3 is 2.81 bits per heavy atom. The van der Waals surface area contributed by atoms with Crippen LogP contribution >= 0.6 is 0 Å². The van der Waals surface area contributed by atoms with Gasteiger partial charge in [0.05, 0.1) is 19.3 Å². The highest BCUT2D eigenvalue weighted by atomic mass is 16.5. The van der Waals surface area contributed by atoms with Crippen molar-refractivity contribution in [1.29, 1.82) is 0 Å². The number of aromatic nitrogens is 3. The maximum atomic E-state index is 5.92. The standard InChI is InChI=1S/C24H30N6O2/c1-5-7-17(6-2)20-16-32-21-15-26-24(28-23(21)29(20)3)27-18-9-12-30(13-10-18)19-8-11-25-22(14-19)31-4/h5-8,11,14-15,18,20H,1-2,9-10,12-13,16H2,3-4H3,(H,26,27,28)/b17-7+. The van der Waals surface area contributed by atoms with Gasteiger partial charge in [-0.25, -0.2) is 9.97 Å². The molecule has 0 bridgehead atoms. The number of rotatable bonds is 7. The van der Waals surface area contributed by atoms with Crippen LogP contribution in [-0.4, -0.2) is 60.9 Å². The summed E-state index contributed by atoms with van der Waals surface area (Å²) in [6, 6.07) is 4.34. The highest BCUT2D eigenvalue weighted by Gasteiger charge is 2.29. The van der Waals surface area contributed by atoms with E-state index in [-0.39, 0.29) is 6.04 Å². The Balaban J connectivity index is 1.41. The van der Waals surface area contributed by atoms with Gasteiger partial charge in [-0.2, -0.15) is 4.98 Å². The first kappa shape index (κ1) is 21.7. The predicted molar refractivity (Wildman–Crippen MR) is 128 cm³/mol. The van der Waals surface area contributed by atoms with E-state index in [1.807, 2.05) is 31.3 Å². The molecule has 2 aliphatic rings. The number of hydrogen-bond donors (Lipinski definition) is 1. The number of allylic oxidation sites excluding steroid dienone is 2. The molecule has 168 valence electrons. The van der Waals surface area contributed by atoms with E-state index >= 15 is 0 Å². The Bertz CT molecular complexity index is 1000. The number of nitrogens with one attached hydrogen (secondary N) is 1. The molecule has 0 radical (unpaired) electrons. The van der Waals surface area contributed by atoms with Gasteiger partial charge in [-0.15, -0.1) is 0 Å². The maximum absolute atomic E-state index is 5.92. The summed E-state index contributed by atoms with van der Waals surface area (Å²) in [6.45, 7) is 10.1. The fourth-order valence-corrected chi connectivity index (χ4v) is 4.16. The maximum Gasteiger partial charge on any atom is 0.225 e. The number of hydrogen-bond acceptors (Lipinski definition) is 8. The van der Waals surface area contributed by atoms with Crippen molar-refractivity contribution in [1.82, 2.24) is 15.0 Å². The van der Waals surface area contributed by atoms with Crippen LogP contribution in [0, 0.1) is 0 Å². The van der Waals surface area contributed by atoms with Crippen LogP contribution in [0.5, 0.6) is 11.6 Å². The smallest absolute Gasteiger partial charge is 0.225 e. The molecular formula is C24H30N6O2. The molecule has 0 saturated carbocycles. The fraction of sp³-hybridized carbons (Fsp3) is 0.375. The van der Waals surface area contributed by atoms with E-state index in [2.05, 4.69) is 38.2 Å². The lowest BCUT2D eigenvalue weighted by Gasteiger charge is -2.36. The zero-order valence-electron chi connectivity index (χ0n) is 18.7. The summed E-state index contributed by atoms with van der Waals surface area (Å²) in [5.41, 5.74) is 2.18. The van der Waals surface area contributed by atoms with Crippen LogP contribution in [0.15, 0.2) is 61.5 Å². The third kappa shape index (κ3) is 4.54. The van der Waals surface area contributed by atoms with Gasteiger partial charge in [0, 0.05) is 44.1 Å². The topological polar surface area (TPSA) is 75.6 Å². The van der Waals surface area contributed by atoms with E-state index < -0.39 is 0 Å². The second-order valence-electron chi connectivity index (χ2n) is 7.89. The molecule has 4 rings (SSSR count). The molecule has 1 fully saturated rings. The molecule has 32 heavy (non-hydrogen) atoms. The van der Waals surface area contributed by atoms with Crippen molar-refractivity contribution in [3.05, 3.63) is 61.5 Å². The molecule has 8 nitrogen and oxygen atoms in total. The van der Waals surface area contributed by atoms with Crippen LogP contribution in [0.4, 0.5) is 17.5 Å². The second kappa shape index (κ2) is 9.72. The van der Waals surface area contributed by atoms with Crippen molar-refractivity contribution in [2.24, 2.45) is 0 Å². The first-order valence-electron chi connectivity index (χ1n) is 10.8. The number of anilines is 3. The molecule has 2 aliphatic heterocycles. The van der Waals surface area contributed by atoms with E-state index in [9.17, 15) is 0 Å². The van der Waals surface area contributed by atoms with Crippen molar-refractivity contribution in [2.75, 3.05) is 49.0 Å². The van der Waals surface area contributed by atoms with Crippen LogP contribution in [0.3, 0.4) is 0 Å². The fourth-order valence-electron chi connectivity index (χ4n) is 4.16. The summed E-state index contributed by atoms with van der Waals surface area (Å²) in [6.07, 6.45) is 11.1. The summed E-state index contributed by atoms with van der Waals surface area (Å²) in [4.78, 5) is 17.9. The average Bonchev–Trinajstić information content (AvgIpc) is 2.84. The minimum Gasteiger partial charge on any atom is -0.486 e. The third-order valence-electron chi connectivity index (χ3n) is 5.99. The lowest BCUT2D eigenvalue weighted by molar-refractivity contribution is 0.279. The first-order valence-corrected chi connectivity index (χ1v) is 10.8. The highest BCUT2D eigenvalue weighted by Crippen LogP contribution is 2.33. The summed E-state index contributed by atoms with van der Waals surface area (Å²) >= 11 is 0. The number of ether oxygens (including phenoxy) is 2. The van der Waals surface area contributed by atoms with Crippen molar-refractivity contribution >= 4 is 17.5 Å². The molecule has 1 N–H and O–H groups in total. The molecule has 0 aliphatic carbocycles. The minimum absolute atomic E-state index is 0.0290. The molecule has 4 heterocycles. The molecular weight excluding hydrogens is 404 g/mol. The number of nitrogens with zero attached hydrogens (tertiary/aromatic N) is 5. The quantitative estimate of drug-likeness (QED) is 0.664. The van der Waals surface area contributed by atoms with Crippen molar-refractivity contribution in [3.63, 3.8) is 0 Å². The van der Waals surface area contributed by atoms with Gasteiger partial charge in [-0.05, 0) is 24.5 Å². The van der Waals surface area contributed by atoms with Crippen molar-refractivity contribution in [3.8, 4) is 11.6 Å². The lowest BCUT2D eigenvalue weighted by Crippen LogP contribution is -2.42. The van der Waals surface area contributed by atoms with Crippen LogP contribution in [0.25, 0.3) is 0 Å². The van der Waals surface area contributed by atoms with Crippen molar-refractivity contribution < 1.29 is 9.47 Å². The molecule has 2 aromatic rings. The average molecular weight is 435 g/mol. The number of piperidine rings is 1. The van der Waals surface area contributed by atoms with Crippen LogP contribution in [0.2, 0.25) is 0 Å². The summed E-state index contributed by atoms with van der Waals surface area (Å²) in [5, 5.41) is 3.51. The van der Waals surface area contributed by atoms with Crippen LogP contribution < -0.4 is 24.6 Å². The van der Waals surface area contributed by atoms with Crippen LogP contribution in [-0.2, 0) is 0 Å². The van der Waals surface area contributed by atoms with E-state index in [0.717, 1.165) is 43.0 Å². The molecule has 8 heteroatoms. The first-order chi connectivity index (χ1) is 15.6. The van der Waals surface area contributed by atoms with Gasteiger partial charge in [0.15, 0.2) is 11.6 Å². The van der Waals surface area contributed by atoms with E-state index in [0.29, 0.717) is 30.2 Å². The molecule has 0 spiro atoms. The highest BCUT2D eigenvalue weighted by molar-refractivity contribution is 5.58. The Morgan fingerprint density at radius 2 is 2.09 bits per heavy atom. The molecule has 2 aromatic heterocycles. The SMILES string of the molecule is C=C/C=C(\C=C)C1COc2cnc(NC3CCN(c4ccnc(OC)c4)CC3)nc2N1C. The number of fused-ring (bicyclic) bond motifs is 1. The zero-order chi connectivity index (χ0) is 22.5. The third-order valence-corrected chi connectivity index (χ3v) is 5.99. The van der Waals surface area contributed by atoms with Gasteiger partial charge in [-0.3, -0.25) is 0 Å². The second-order valence-corrected chi connectivity index (χ2v) is 7.89. The Kier molecular flexibility index (Phi) is 6.58. The van der Waals surface area contributed by atoms with Gasteiger partial charge < -0.3 is 24.6 Å². The van der Waals surface area contributed by atoms with Gasteiger partial charge in [0.2, 0.25) is 11.8 Å². The monoisotopic (exact) mass is 434 g/mol. The molecule has 0 amide bonds. The molecule has 1 atom stereocenters. The molecule has 1 unspecified atom stereocenters. The Morgan fingerprint density at radius 1 is 1.28 bits per heavy atom. The lowest BCUT2D eigenvalue weighted by atomic mass is 10.0. The van der Waals surface area contributed by atoms with Gasteiger partial charge in [0.25, 0.3) is 0 Å². The summed E-state index contributed by atoms with van der Waals surface area (Å²) < 4.78 is 11.2. The van der Waals surface area contributed by atoms with E-state index in [1.165, 1.54) is 0 Å². The molecule has 0 aromatic carbocycles. The summed E-state index contributed by atoms with van der Waals surface area (Å²) in [5.74, 6) is 2.73. The van der Waals surface area contributed by atoms with Gasteiger partial charge >= 0.3 is 0 Å². The largest absolute Gasteiger partial charge is 0.486 e. The summed E-state index contributed by atoms with van der Waals surface area (Å²) in [7, 11) is 3.66. The van der Waals surface area contributed by atoms with E-state index in [4.69, 9.17) is 14.5 Å². The zero-order valence-corrected chi connectivity index (χ0v) is 18.7. The van der Waals surface area contributed by atoms with Crippen molar-refractivity contribution in [2.45, 2.75) is 24.9 Å². The van der Waals surface area contributed by atoms with Gasteiger partial charge in [-0.1, -0.05) is 31.4 Å². The van der Waals surface area contributed by atoms with E-state index in [1.54, 1.807) is 25.6 Å². The minimum atomic E-state index is 0.0290. The predicted octanol–water partition coefficient (Wildman–Crippen LogP) is 3.46. The Hall–Kier alpha value is -3.55. The normalized spacial score (nSPS) is 19.1.